The van der Waals surface area contributed by atoms with Crippen molar-refractivity contribution < 1.29 is 18.9 Å². The summed E-state index contributed by atoms with van der Waals surface area (Å²) in [6.45, 7) is 7.02. The summed E-state index contributed by atoms with van der Waals surface area (Å²) in [5, 5.41) is 13.2. The summed E-state index contributed by atoms with van der Waals surface area (Å²) >= 11 is 4.39. The van der Waals surface area contributed by atoms with Crippen LogP contribution in [0.4, 0.5) is 5.69 Å². The number of benzene rings is 1. The molecule has 0 fully saturated rings. The van der Waals surface area contributed by atoms with Gasteiger partial charge in [-0.15, -0.1) is 0 Å². The smallest absolute Gasteiger partial charge is 0.356 e. The van der Waals surface area contributed by atoms with E-state index in [0.29, 0.717) is 27.8 Å². The van der Waals surface area contributed by atoms with E-state index in [1.165, 1.54) is 12.1 Å². The molecule has 158 valence electrons. The van der Waals surface area contributed by atoms with Gasteiger partial charge in [-0.2, -0.15) is 0 Å². The molecule has 0 spiro atoms. The van der Waals surface area contributed by atoms with Gasteiger partial charge < -0.3 is 19.4 Å². The summed E-state index contributed by atoms with van der Waals surface area (Å²) in [5.74, 6) is -0.896. The highest BCUT2D eigenvalue weighted by atomic mass is 35.5. The van der Waals surface area contributed by atoms with Crippen molar-refractivity contribution >= 4 is 45.4 Å². The predicted molar refractivity (Wildman–Crippen MR) is 117 cm³/mol. The average Bonchev–Trinajstić information content (AvgIpc) is 2.70. The van der Waals surface area contributed by atoms with Gasteiger partial charge in [-0.1, -0.05) is 17.7 Å². The van der Waals surface area contributed by atoms with Gasteiger partial charge in [0.25, 0.3) is 0 Å². The number of pyridine rings is 1. The molecule has 2 atom stereocenters. The number of carboxylic acid groups (broad SMARTS) is 1. The fraction of sp³-hybridized carbons (Fsp3) is 0.286. The van der Waals surface area contributed by atoms with E-state index in [2.05, 4.69) is 10.3 Å². The number of carboxylic acids is 1. The second-order valence-corrected chi connectivity index (χ2v) is 8.94. The molecule has 1 aromatic carbocycles. The van der Waals surface area contributed by atoms with Crippen LogP contribution in [-0.4, -0.2) is 26.4 Å². The molecule has 0 radical (unpaired) electrons. The van der Waals surface area contributed by atoms with Gasteiger partial charge in [-0.05, 0) is 51.5 Å². The Hall–Kier alpha value is -2.55. The van der Waals surface area contributed by atoms with Gasteiger partial charge in [-0.25, -0.2) is 9.78 Å². The number of nitrogens with one attached hydrogen (secondary N) is 1. The van der Waals surface area contributed by atoms with Gasteiger partial charge in [0, 0.05) is 16.7 Å². The van der Waals surface area contributed by atoms with Crippen molar-refractivity contribution in [3.63, 3.8) is 0 Å². The van der Waals surface area contributed by atoms with E-state index in [-0.39, 0.29) is 27.1 Å². The monoisotopic (exact) mass is 448 g/mol. The van der Waals surface area contributed by atoms with Gasteiger partial charge >= 0.3 is 11.1 Å². The lowest BCUT2D eigenvalue weighted by molar-refractivity contribution is 0.0691. The van der Waals surface area contributed by atoms with Crippen molar-refractivity contribution in [1.82, 2.24) is 4.98 Å². The molecule has 2 N–H and O–H groups in total. The number of aromatic carboxylic acids is 1. The summed E-state index contributed by atoms with van der Waals surface area (Å²) < 4.78 is 18.4. The Morgan fingerprint density at radius 3 is 2.70 bits per heavy atom. The number of hydrogen-bond acceptors (Lipinski definition) is 6. The highest BCUT2D eigenvalue weighted by molar-refractivity contribution is 7.91. The molecule has 9 heteroatoms. The first-order valence-corrected chi connectivity index (χ1v) is 11.0. The van der Waals surface area contributed by atoms with Gasteiger partial charge in [0.15, 0.2) is 5.69 Å². The van der Waals surface area contributed by atoms with Crippen LogP contribution in [0.1, 0.15) is 47.1 Å². The van der Waals surface area contributed by atoms with E-state index >= 15 is 0 Å². The number of carbonyl (C=O) groups is 1. The number of rotatable bonds is 6. The van der Waals surface area contributed by atoms with Crippen molar-refractivity contribution in [2.24, 2.45) is 0 Å². The SMILES string of the molecule is CC[S+]([O-])c1oc2c([C@@H](C)Nc3ccc(Cl)nc3C(=O)O)cc(C)cc2c(=O)c1C. The highest BCUT2D eigenvalue weighted by Crippen LogP contribution is 2.31. The second kappa shape index (κ2) is 8.67. The molecule has 1 unspecified atom stereocenters. The van der Waals surface area contributed by atoms with E-state index in [0.717, 1.165) is 5.56 Å². The highest BCUT2D eigenvalue weighted by Gasteiger charge is 2.24. The summed E-state index contributed by atoms with van der Waals surface area (Å²) in [6, 6.07) is 6.16. The maximum atomic E-state index is 12.9. The van der Waals surface area contributed by atoms with Crippen LogP contribution in [0.15, 0.2) is 38.6 Å². The first-order chi connectivity index (χ1) is 14.1. The largest absolute Gasteiger partial charge is 0.609 e. The Kier molecular flexibility index (Phi) is 6.40. The van der Waals surface area contributed by atoms with Crippen LogP contribution >= 0.6 is 11.6 Å². The van der Waals surface area contributed by atoms with Crippen molar-refractivity contribution in [3.8, 4) is 0 Å². The average molecular weight is 449 g/mol. The predicted octanol–water partition coefficient (Wildman–Crippen LogP) is 4.46. The molecule has 7 nitrogen and oxygen atoms in total. The number of hydrogen-bond donors (Lipinski definition) is 2. The molecule has 2 aromatic heterocycles. The zero-order valence-electron chi connectivity index (χ0n) is 16.9. The maximum absolute atomic E-state index is 12.9. The molecule has 0 saturated heterocycles. The number of nitrogens with zero attached hydrogens (tertiary/aromatic N) is 1. The van der Waals surface area contributed by atoms with Crippen molar-refractivity contribution in [3.05, 3.63) is 62.0 Å². The molecule has 0 aliphatic heterocycles. The Balaban J connectivity index is 2.17. The Labute approximate surface area is 181 Å². The fourth-order valence-corrected chi connectivity index (χ4v) is 4.26. The summed E-state index contributed by atoms with van der Waals surface area (Å²) in [6.07, 6.45) is 0. The fourth-order valence-electron chi connectivity index (χ4n) is 3.24. The van der Waals surface area contributed by atoms with Crippen LogP contribution in [-0.2, 0) is 11.2 Å². The number of anilines is 1. The zero-order valence-corrected chi connectivity index (χ0v) is 18.5. The van der Waals surface area contributed by atoms with E-state index < -0.39 is 23.2 Å². The summed E-state index contributed by atoms with van der Waals surface area (Å²) in [5.41, 5.74) is 1.97. The minimum Gasteiger partial charge on any atom is -0.609 e. The molecule has 0 amide bonds. The van der Waals surface area contributed by atoms with Crippen molar-refractivity contribution in [2.75, 3.05) is 11.1 Å². The minimum absolute atomic E-state index is 0.0692. The van der Waals surface area contributed by atoms with Crippen LogP contribution in [0, 0.1) is 13.8 Å². The molecule has 3 rings (SSSR count). The van der Waals surface area contributed by atoms with Crippen LogP contribution in [0.5, 0.6) is 0 Å². The molecule has 0 bridgehead atoms. The quantitative estimate of drug-likeness (QED) is 0.422. The third kappa shape index (κ3) is 4.16. The number of aryl methyl sites for hydroxylation is 1. The first-order valence-electron chi connectivity index (χ1n) is 9.26. The van der Waals surface area contributed by atoms with Gasteiger partial charge in [0.1, 0.15) is 16.5 Å². The zero-order chi connectivity index (χ0) is 22.2. The van der Waals surface area contributed by atoms with E-state index in [9.17, 15) is 19.2 Å². The molecule has 0 saturated carbocycles. The molecule has 0 aliphatic rings. The van der Waals surface area contributed by atoms with E-state index in [1.807, 2.05) is 19.9 Å². The lowest BCUT2D eigenvalue weighted by atomic mass is 10.0. The van der Waals surface area contributed by atoms with E-state index in [4.69, 9.17) is 16.0 Å². The number of aromatic nitrogens is 1. The van der Waals surface area contributed by atoms with E-state index in [1.54, 1.807) is 19.9 Å². The van der Waals surface area contributed by atoms with Gasteiger partial charge in [-0.3, -0.25) is 4.79 Å². The molecular formula is C21H21ClN2O5S. The van der Waals surface area contributed by atoms with Crippen molar-refractivity contribution in [1.29, 1.82) is 0 Å². The van der Waals surface area contributed by atoms with Gasteiger partial charge in [0.2, 0.25) is 5.43 Å². The van der Waals surface area contributed by atoms with Gasteiger partial charge in [0.05, 0.1) is 22.7 Å². The standard InChI is InChI=1S/C21H21ClN2O5S/c1-5-30(28)21-11(3)18(25)14-9-10(2)8-13(19(14)29-21)12(4)23-15-6-7-16(22)24-17(15)20(26)27/h6-9,12,23H,5H2,1-4H3,(H,26,27)/t12-,30?/m1/s1. The minimum atomic E-state index is -1.43. The molecule has 3 aromatic rings. The Bertz CT molecular complexity index is 1190. The summed E-state index contributed by atoms with van der Waals surface area (Å²) in [7, 11) is 0. The topological polar surface area (TPSA) is 115 Å². The third-order valence-corrected chi connectivity index (χ3v) is 6.26. The Morgan fingerprint density at radius 1 is 1.37 bits per heavy atom. The van der Waals surface area contributed by atoms with Crippen LogP contribution in [0.3, 0.4) is 0 Å². The molecule has 2 heterocycles. The Morgan fingerprint density at radius 2 is 2.07 bits per heavy atom. The first kappa shape index (κ1) is 22.1. The number of halogens is 1. The maximum Gasteiger partial charge on any atom is 0.356 e. The third-order valence-electron chi connectivity index (χ3n) is 4.72. The van der Waals surface area contributed by atoms with Crippen LogP contribution in [0.25, 0.3) is 11.0 Å². The number of fused-ring (bicyclic) bond motifs is 1. The lowest BCUT2D eigenvalue weighted by Crippen LogP contribution is -2.17. The normalized spacial score (nSPS) is 13.3. The van der Waals surface area contributed by atoms with Crippen molar-refractivity contribution in [2.45, 2.75) is 38.8 Å². The van der Waals surface area contributed by atoms with Crippen LogP contribution < -0.4 is 10.7 Å². The molecular weight excluding hydrogens is 428 g/mol. The van der Waals surface area contributed by atoms with Crippen LogP contribution in [0.2, 0.25) is 5.15 Å². The molecule has 30 heavy (non-hydrogen) atoms. The summed E-state index contributed by atoms with van der Waals surface area (Å²) in [4.78, 5) is 28.3. The lowest BCUT2D eigenvalue weighted by Gasteiger charge is -2.19. The second-order valence-electron chi connectivity index (χ2n) is 6.91. The molecule has 0 aliphatic carbocycles.